The second-order valence-corrected chi connectivity index (χ2v) is 4.50. The Morgan fingerprint density at radius 3 is 3.00 bits per heavy atom. The average Bonchev–Trinajstić information content (AvgIpc) is 2.83. The van der Waals surface area contributed by atoms with Gasteiger partial charge in [-0.05, 0) is 19.5 Å². The number of hydrogen-bond donors (Lipinski definition) is 1. The summed E-state index contributed by atoms with van der Waals surface area (Å²) in [6.45, 7) is 5.71. The van der Waals surface area contributed by atoms with Gasteiger partial charge in [-0.1, -0.05) is 6.92 Å². The molecule has 2 heterocycles. The van der Waals surface area contributed by atoms with Gasteiger partial charge in [-0.3, -0.25) is 4.79 Å². The van der Waals surface area contributed by atoms with Gasteiger partial charge in [0.05, 0.1) is 19.1 Å². The van der Waals surface area contributed by atoms with Crippen LogP contribution in [0, 0.1) is 5.92 Å². The molecule has 2 aliphatic heterocycles. The van der Waals surface area contributed by atoms with Crippen molar-refractivity contribution in [2.75, 3.05) is 26.2 Å². The van der Waals surface area contributed by atoms with Gasteiger partial charge < -0.3 is 19.5 Å². The molecule has 0 spiro atoms. The first kappa shape index (κ1) is 11.8. The molecule has 2 rings (SSSR count). The Bertz CT molecular complexity index is 258. The van der Waals surface area contributed by atoms with Crippen LogP contribution in [-0.4, -0.2) is 54.6 Å². The highest BCUT2D eigenvalue weighted by molar-refractivity contribution is 5.67. The van der Waals surface area contributed by atoms with Crippen LogP contribution in [0.15, 0.2) is 0 Å². The monoisotopic (exact) mass is 229 g/mol. The Morgan fingerprint density at radius 1 is 1.56 bits per heavy atom. The van der Waals surface area contributed by atoms with E-state index in [2.05, 4.69) is 11.8 Å². The standard InChI is InChI=1S/C11H19NO4/c1-2-12-4-3-8(6-12)11-15-7-9(16-11)5-10(13)14/h8-9,11H,2-7H2,1H3,(H,13,14). The molecule has 0 saturated carbocycles. The van der Waals surface area contributed by atoms with Gasteiger partial charge in [0, 0.05) is 12.5 Å². The Labute approximate surface area is 95.3 Å². The van der Waals surface area contributed by atoms with E-state index < -0.39 is 5.97 Å². The molecular formula is C11H19NO4. The van der Waals surface area contributed by atoms with E-state index in [1.807, 2.05) is 0 Å². The Kier molecular flexibility index (Phi) is 3.78. The lowest BCUT2D eigenvalue weighted by Gasteiger charge is -2.18. The average molecular weight is 229 g/mol. The van der Waals surface area contributed by atoms with Crippen LogP contribution in [-0.2, 0) is 14.3 Å². The van der Waals surface area contributed by atoms with Crippen molar-refractivity contribution in [3.8, 4) is 0 Å². The highest BCUT2D eigenvalue weighted by atomic mass is 16.7. The minimum atomic E-state index is -0.823. The van der Waals surface area contributed by atoms with Crippen molar-refractivity contribution in [2.24, 2.45) is 5.92 Å². The molecule has 0 aromatic heterocycles. The summed E-state index contributed by atoms with van der Waals surface area (Å²) in [6.07, 6.45) is 0.665. The molecule has 3 unspecified atom stereocenters. The molecule has 1 N–H and O–H groups in total. The molecule has 0 amide bonds. The number of carboxylic acids is 1. The lowest BCUT2D eigenvalue weighted by molar-refractivity contribution is -0.141. The van der Waals surface area contributed by atoms with Crippen LogP contribution in [0.5, 0.6) is 0 Å². The molecule has 0 aromatic rings. The molecule has 0 bridgehead atoms. The van der Waals surface area contributed by atoms with E-state index in [9.17, 15) is 4.79 Å². The Morgan fingerprint density at radius 2 is 2.38 bits per heavy atom. The highest BCUT2D eigenvalue weighted by Crippen LogP contribution is 2.27. The third-order valence-electron chi connectivity index (χ3n) is 3.32. The van der Waals surface area contributed by atoms with Gasteiger partial charge in [-0.2, -0.15) is 0 Å². The van der Waals surface area contributed by atoms with E-state index >= 15 is 0 Å². The number of carboxylic acid groups (broad SMARTS) is 1. The number of carbonyl (C=O) groups is 1. The van der Waals surface area contributed by atoms with E-state index in [-0.39, 0.29) is 18.8 Å². The molecule has 3 atom stereocenters. The van der Waals surface area contributed by atoms with Gasteiger partial charge in [0.1, 0.15) is 0 Å². The van der Waals surface area contributed by atoms with Crippen molar-refractivity contribution in [1.82, 2.24) is 4.90 Å². The first-order valence-corrected chi connectivity index (χ1v) is 5.90. The number of rotatable bonds is 4. The van der Waals surface area contributed by atoms with Crippen LogP contribution in [0.2, 0.25) is 0 Å². The van der Waals surface area contributed by atoms with Crippen molar-refractivity contribution in [3.05, 3.63) is 0 Å². The Hall–Kier alpha value is -0.650. The van der Waals surface area contributed by atoms with Crippen molar-refractivity contribution < 1.29 is 19.4 Å². The second kappa shape index (κ2) is 5.12. The maximum absolute atomic E-state index is 10.5. The highest BCUT2D eigenvalue weighted by Gasteiger charge is 2.36. The van der Waals surface area contributed by atoms with Crippen molar-refractivity contribution in [2.45, 2.75) is 32.2 Å². The molecular weight excluding hydrogens is 210 g/mol. The van der Waals surface area contributed by atoms with Crippen LogP contribution < -0.4 is 0 Å². The summed E-state index contributed by atoms with van der Waals surface area (Å²) in [5.74, 6) is -0.422. The van der Waals surface area contributed by atoms with Gasteiger partial charge in [-0.25, -0.2) is 0 Å². The van der Waals surface area contributed by atoms with Gasteiger partial charge in [0.15, 0.2) is 6.29 Å². The normalized spacial score (nSPS) is 35.7. The topological polar surface area (TPSA) is 59.0 Å². The molecule has 2 fully saturated rings. The number of hydrogen-bond acceptors (Lipinski definition) is 4. The molecule has 2 aliphatic rings. The summed E-state index contributed by atoms with van der Waals surface area (Å²) in [4.78, 5) is 12.9. The third-order valence-corrected chi connectivity index (χ3v) is 3.32. The quantitative estimate of drug-likeness (QED) is 0.762. The lowest BCUT2D eigenvalue weighted by Crippen LogP contribution is -2.27. The third kappa shape index (κ3) is 2.72. The van der Waals surface area contributed by atoms with Crippen LogP contribution >= 0.6 is 0 Å². The minimum Gasteiger partial charge on any atom is -0.481 e. The molecule has 2 saturated heterocycles. The summed E-state index contributed by atoms with van der Waals surface area (Å²) in [7, 11) is 0. The lowest BCUT2D eigenvalue weighted by atomic mass is 10.1. The largest absolute Gasteiger partial charge is 0.481 e. The van der Waals surface area contributed by atoms with Gasteiger partial charge in [0.2, 0.25) is 0 Å². The summed E-state index contributed by atoms with van der Waals surface area (Å²) >= 11 is 0. The first-order valence-electron chi connectivity index (χ1n) is 5.90. The molecule has 0 aromatic carbocycles. The Balaban J connectivity index is 1.78. The van der Waals surface area contributed by atoms with E-state index in [1.165, 1.54) is 0 Å². The second-order valence-electron chi connectivity index (χ2n) is 4.50. The first-order chi connectivity index (χ1) is 7.69. The van der Waals surface area contributed by atoms with Gasteiger partial charge in [0.25, 0.3) is 0 Å². The number of aliphatic carboxylic acids is 1. The molecule has 5 nitrogen and oxygen atoms in total. The van der Waals surface area contributed by atoms with Crippen molar-refractivity contribution in [3.63, 3.8) is 0 Å². The maximum atomic E-state index is 10.5. The molecule has 5 heteroatoms. The fraction of sp³-hybridized carbons (Fsp3) is 0.909. The van der Waals surface area contributed by atoms with E-state index in [0.29, 0.717) is 12.5 Å². The predicted molar refractivity (Wildman–Crippen MR) is 57.1 cm³/mol. The minimum absolute atomic E-state index is 0.0424. The molecule has 0 radical (unpaired) electrons. The fourth-order valence-corrected chi connectivity index (χ4v) is 2.39. The van der Waals surface area contributed by atoms with Crippen molar-refractivity contribution in [1.29, 1.82) is 0 Å². The zero-order valence-electron chi connectivity index (χ0n) is 9.59. The van der Waals surface area contributed by atoms with Gasteiger partial charge in [-0.15, -0.1) is 0 Å². The molecule has 0 aliphatic carbocycles. The SMILES string of the molecule is CCN1CCC(C2OCC(CC(=O)O)O2)C1. The molecule has 92 valence electrons. The molecule has 16 heavy (non-hydrogen) atoms. The zero-order chi connectivity index (χ0) is 11.5. The fourth-order valence-electron chi connectivity index (χ4n) is 2.39. The maximum Gasteiger partial charge on any atom is 0.306 e. The summed E-state index contributed by atoms with van der Waals surface area (Å²) in [5.41, 5.74) is 0. The van der Waals surface area contributed by atoms with Gasteiger partial charge >= 0.3 is 5.97 Å². The van der Waals surface area contributed by atoms with Crippen LogP contribution in [0.25, 0.3) is 0 Å². The predicted octanol–water partition coefficient (Wildman–Crippen LogP) is 0.544. The van der Waals surface area contributed by atoms with Crippen LogP contribution in [0.4, 0.5) is 0 Å². The summed E-state index contributed by atoms with van der Waals surface area (Å²) < 4.78 is 11.2. The number of likely N-dealkylation sites (tertiary alicyclic amines) is 1. The number of ether oxygens (including phenoxy) is 2. The zero-order valence-corrected chi connectivity index (χ0v) is 9.59. The van der Waals surface area contributed by atoms with E-state index in [4.69, 9.17) is 14.6 Å². The van der Waals surface area contributed by atoms with Crippen molar-refractivity contribution >= 4 is 5.97 Å². The van der Waals surface area contributed by atoms with Crippen LogP contribution in [0.3, 0.4) is 0 Å². The summed E-state index contributed by atoms with van der Waals surface area (Å²) in [5, 5.41) is 8.66. The number of nitrogens with zero attached hydrogens (tertiary/aromatic N) is 1. The van der Waals surface area contributed by atoms with Crippen LogP contribution in [0.1, 0.15) is 19.8 Å². The van der Waals surface area contributed by atoms with E-state index in [1.54, 1.807) is 0 Å². The van der Waals surface area contributed by atoms with E-state index in [0.717, 1.165) is 26.1 Å². The smallest absolute Gasteiger partial charge is 0.306 e. The summed E-state index contributed by atoms with van der Waals surface area (Å²) in [6, 6.07) is 0.